The number of nitrogens with two attached hydrogens (primary N) is 2. The van der Waals surface area contributed by atoms with Crippen LogP contribution in [0.3, 0.4) is 0 Å². The molecule has 1 atom stereocenters. The number of hydrogen-bond acceptors (Lipinski definition) is 6. The summed E-state index contributed by atoms with van der Waals surface area (Å²) in [6.45, 7) is 6.73. The van der Waals surface area contributed by atoms with Gasteiger partial charge in [0.2, 0.25) is 5.95 Å². The number of fused-ring (bicyclic) bond motifs is 1. The van der Waals surface area contributed by atoms with Crippen LogP contribution in [0.25, 0.3) is 10.9 Å². The van der Waals surface area contributed by atoms with Crippen LogP contribution in [0, 0.1) is 5.41 Å². The van der Waals surface area contributed by atoms with Crippen molar-refractivity contribution in [2.24, 2.45) is 23.9 Å². The first kappa shape index (κ1) is 19.6. The Morgan fingerprint density at radius 3 is 2.71 bits per heavy atom. The molecule has 0 aliphatic rings. The number of primary amides is 1. The zero-order valence-corrected chi connectivity index (χ0v) is 16.7. The summed E-state index contributed by atoms with van der Waals surface area (Å²) in [5.74, 6) is 0.138. The van der Waals surface area contributed by atoms with Crippen molar-refractivity contribution >= 4 is 34.3 Å². The summed E-state index contributed by atoms with van der Waals surface area (Å²) in [7, 11) is 1.98. The molecule has 0 aliphatic carbocycles. The molecule has 0 aliphatic heterocycles. The quantitative estimate of drug-likeness (QED) is 0.520. The van der Waals surface area contributed by atoms with Crippen LogP contribution >= 0.6 is 0 Å². The van der Waals surface area contributed by atoms with Gasteiger partial charge < -0.3 is 26.7 Å². The molecule has 3 aromatic rings. The third-order valence-corrected chi connectivity index (χ3v) is 4.83. The van der Waals surface area contributed by atoms with Gasteiger partial charge in [0.1, 0.15) is 11.4 Å². The summed E-state index contributed by atoms with van der Waals surface area (Å²) in [5.41, 5.74) is 13.8. The summed E-state index contributed by atoms with van der Waals surface area (Å²) in [6.07, 6.45) is 3.40. The maximum atomic E-state index is 11.8. The topological polar surface area (TPSA) is 124 Å². The molecule has 8 heteroatoms. The van der Waals surface area contributed by atoms with E-state index in [0.29, 0.717) is 18.3 Å². The summed E-state index contributed by atoms with van der Waals surface area (Å²) >= 11 is 0. The number of aromatic nitrogens is 3. The predicted octanol–water partition coefficient (Wildman–Crippen LogP) is 2.60. The molecule has 0 fully saturated rings. The molecule has 0 spiro atoms. The van der Waals surface area contributed by atoms with Gasteiger partial charge in [0, 0.05) is 48.6 Å². The van der Waals surface area contributed by atoms with Gasteiger partial charge >= 0.3 is 0 Å². The van der Waals surface area contributed by atoms with E-state index < -0.39 is 5.91 Å². The largest absolute Gasteiger partial charge is 0.365 e. The van der Waals surface area contributed by atoms with Crippen LogP contribution in [-0.2, 0) is 7.05 Å². The smallest absolute Gasteiger partial charge is 0.254 e. The first-order valence-electron chi connectivity index (χ1n) is 9.14. The molecule has 0 saturated heterocycles. The summed E-state index contributed by atoms with van der Waals surface area (Å²) in [4.78, 5) is 20.5. The lowest BCUT2D eigenvalue weighted by atomic mass is 9.87. The number of hydrogen-bond donors (Lipinski definition) is 4. The highest BCUT2D eigenvalue weighted by atomic mass is 16.1. The minimum Gasteiger partial charge on any atom is -0.365 e. The highest BCUT2D eigenvalue weighted by molar-refractivity contribution is 6.00. The summed E-state index contributed by atoms with van der Waals surface area (Å²) in [6, 6.07) is 7.82. The zero-order valence-electron chi connectivity index (χ0n) is 16.7. The van der Waals surface area contributed by atoms with Crippen molar-refractivity contribution in [3.63, 3.8) is 0 Å². The van der Waals surface area contributed by atoms with Crippen molar-refractivity contribution in [2.45, 2.75) is 26.8 Å². The molecule has 1 amide bonds. The Morgan fingerprint density at radius 1 is 1.29 bits per heavy atom. The Bertz CT molecular complexity index is 1000. The number of carbonyl (C=O) groups is 1. The Kier molecular flexibility index (Phi) is 5.24. The zero-order chi connectivity index (χ0) is 20.5. The molecule has 0 bridgehead atoms. The minimum absolute atomic E-state index is 0.0514. The van der Waals surface area contributed by atoms with E-state index in [1.54, 1.807) is 0 Å². The molecule has 28 heavy (non-hydrogen) atoms. The summed E-state index contributed by atoms with van der Waals surface area (Å²) in [5, 5.41) is 7.39. The second-order valence-electron chi connectivity index (χ2n) is 7.96. The van der Waals surface area contributed by atoms with Crippen LogP contribution in [0.5, 0.6) is 0 Å². The Balaban J connectivity index is 1.91. The maximum Gasteiger partial charge on any atom is 0.254 e. The fourth-order valence-corrected chi connectivity index (χ4v) is 2.79. The second-order valence-corrected chi connectivity index (χ2v) is 7.96. The van der Waals surface area contributed by atoms with Crippen LogP contribution in [0.4, 0.5) is 17.5 Å². The number of nitrogens with zero attached hydrogens (tertiary/aromatic N) is 3. The van der Waals surface area contributed by atoms with Crippen LogP contribution < -0.4 is 22.1 Å². The van der Waals surface area contributed by atoms with Crippen LogP contribution in [0.1, 0.15) is 31.1 Å². The van der Waals surface area contributed by atoms with Crippen molar-refractivity contribution in [3.05, 3.63) is 42.2 Å². The van der Waals surface area contributed by atoms with E-state index >= 15 is 0 Å². The van der Waals surface area contributed by atoms with Gasteiger partial charge in [-0.3, -0.25) is 4.79 Å². The highest BCUT2D eigenvalue weighted by Crippen LogP contribution is 2.28. The molecule has 6 N–H and O–H groups in total. The fraction of sp³-hybridized carbons (Fsp3) is 0.350. The SMILES string of the molecule is Cn1ccc2c(Nc3nc(NC[C@@H](N)C(C)(C)C)ncc3C(N)=O)cccc21. The average molecular weight is 381 g/mol. The third-order valence-electron chi connectivity index (χ3n) is 4.83. The van der Waals surface area contributed by atoms with Crippen molar-refractivity contribution < 1.29 is 4.79 Å². The van der Waals surface area contributed by atoms with Crippen molar-refractivity contribution in [2.75, 3.05) is 17.2 Å². The van der Waals surface area contributed by atoms with E-state index in [-0.39, 0.29) is 17.0 Å². The average Bonchev–Trinajstić information content (AvgIpc) is 3.01. The first-order chi connectivity index (χ1) is 13.2. The molecule has 2 aromatic heterocycles. The molecular weight excluding hydrogens is 354 g/mol. The number of nitrogens with one attached hydrogen (secondary N) is 2. The Hall–Kier alpha value is -3.13. The monoisotopic (exact) mass is 381 g/mol. The van der Waals surface area contributed by atoms with Crippen molar-refractivity contribution in [1.29, 1.82) is 0 Å². The van der Waals surface area contributed by atoms with Gasteiger partial charge in [-0.25, -0.2) is 4.98 Å². The van der Waals surface area contributed by atoms with Crippen LogP contribution in [0.2, 0.25) is 0 Å². The van der Waals surface area contributed by atoms with Gasteiger partial charge in [-0.2, -0.15) is 4.98 Å². The van der Waals surface area contributed by atoms with Crippen LogP contribution in [0.15, 0.2) is 36.7 Å². The molecular formula is C20H27N7O. The van der Waals surface area contributed by atoms with E-state index in [4.69, 9.17) is 11.5 Å². The lowest BCUT2D eigenvalue weighted by Gasteiger charge is -2.27. The lowest BCUT2D eigenvalue weighted by Crippen LogP contribution is -2.41. The molecule has 0 unspecified atom stereocenters. The Morgan fingerprint density at radius 2 is 2.04 bits per heavy atom. The van der Waals surface area contributed by atoms with Gasteiger partial charge in [-0.1, -0.05) is 26.8 Å². The number of amides is 1. The number of rotatable bonds is 6. The van der Waals surface area contributed by atoms with Gasteiger partial charge in [-0.05, 0) is 23.6 Å². The molecule has 148 valence electrons. The van der Waals surface area contributed by atoms with E-state index in [1.807, 2.05) is 42.1 Å². The van der Waals surface area contributed by atoms with E-state index in [2.05, 4.69) is 41.4 Å². The van der Waals surface area contributed by atoms with Gasteiger partial charge in [0.25, 0.3) is 5.91 Å². The maximum absolute atomic E-state index is 11.8. The van der Waals surface area contributed by atoms with E-state index in [9.17, 15) is 4.79 Å². The second kappa shape index (κ2) is 7.47. The van der Waals surface area contributed by atoms with Gasteiger partial charge in [0.15, 0.2) is 0 Å². The van der Waals surface area contributed by atoms with E-state index in [0.717, 1.165) is 16.6 Å². The number of carbonyl (C=O) groups excluding carboxylic acids is 1. The van der Waals surface area contributed by atoms with Crippen molar-refractivity contribution in [1.82, 2.24) is 14.5 Å². The number of aryl methyl sites for hydroxylation is 1. The summed E-state index contributed by atoms with van der Waals surface area (Å²) < 4.78 is 2.02. The fourth-order valence-electron chi connectivity index (χ4n) is 2.79. The first-order valence-corrected chi connectivity index (χ1v) is 9.14. The molecule has 0 saturated carbocycles. The third kappa shape index (κ3) is 4.07. The van der Waals surface area contributed by atoms with Crippen molar-refractivity contribution in [3.8, 4) is 0 Å². The van der Waals surface area contributed by atoms with E-state index in [1.165, 1.54) is 6.20 Å². The standard InChI is InChI=1S/C20H27N7O/c1-20(2,3)16(21)11-24-19-23-10-13(17(22)28)18(26-19)25-14-6-5-7-15-12(14)8-9-27(15)4/h5-10,16H,11,21H2,1-4H3,(H2,22,28)(H2,23,24,25,26)/t16-/m1/s1. The van der Waals surface area contributed by atoms with Crippen LogP contribution in [-0.4, -0.2) is 33.0 Å². The minimum atomic E-state index is -0.597. The Labute approximate surface area is 164 Å². The highest BCUT2D eigenvalue weighted by Gasteiger charge is 2.21. The lowest BCUT2D eigenvalue weighted by molar-refractivity contribution is 0.100. The predicted molar refractivity (Wildman–Crippen MR) is 113 cm³/mol. The normalized spacial score (nSPS) is 12.8. The number of benzene rings is 1. The van der Waals surface area contributed by atoms with Gasteiger partial charge in [0.05, 0.1) is 0 Å². The molecule has 8 nitrogen and oxygen atoms in total. The molecule has 0 radical (unpaired) electrons. The number of anilines is 3. The van der Waals surface area contributed by atoms with Gasteiger partial charge in [-0.15, -0.1) is 0 Å². The molecule has 3 rings (SSSR count). The molecule has 1 aromatic carbocycles. The molecule has 2 heterocycles.